The van der Waals surface area contributed by atoms with Gasteiger partial charge in [0.2, 0.25) is 17.7 Å². The summed E-state index contributed by atoms with van der Waals surface area (Å²) in [6.45, 7) is -0.0804. The van der Waals surface area contributed by atoms with Gasteiger partial charge in [0, 0.05) is 33.3 Å². The number of aliphatic hydroxyl groups excluding tert-OH is 17. The van der Waals surface area contributed by atoms with Gasteiger partial charge in [0.05, 0.1) is 57.4 Å². The minimum atomic E-state index is -3.04. The fourth-order valence-electron chi connectivity index (χ4n) is 10.1. The Hall–Kier alpha value is -2.67. The summed E-state index contributed by atoms with van der Waals surface area (Å²) in [6.07, 6.45) is -44.4. The molecule has 4 heterocycles. The summed E-state index contributed by atoms with van der Waals surface area (Å²) in [5.41, 5.74) is -5.80. The first kappa shape index (κ1) is 65.1. The van der Waals surface area contributed by atoms with Crippen LogP contribution in [0.15, 0.2) is 0 Å². The molecule has 33 heteroatoms. The van der Waals surface area contributed by atoms with Gasteiger partial charge in [-0.25, -0.2) is 0 Å². The summed E-state index contributed by atoms with van der Waals surface area (Å²) in [7, 11) is 0. The van der Waals surface area contributed by atoms with Gasteiger partial charge < -0.3 is 150 Å². The van der Waals surface area contributed by atoms with Crippen LogP contribution in [-0.2, 0) is 57.0 Å². The highest BCUT2D eigenvalue weighted by Crippen LogP contribution is 2.45. The molecule has 0 aromatic heterocycles. The first-order chi connectivity index (χ1) is 36.1. The SMILES string of the molecule is CC(=O)NC1C(O)[C@H](O[C@@H]2OC(CO)[C@H](O)C(O)C2O)C(CO)O[C@H]1OC(C)(C(O)[C@H](O)CCO)[C@H](O)OCC1[C@@H](O)C(O)C1(O)[C@@H](O)O[C@@H]1C(CO)O[C@@H](O[C@@H]2C(CO)O[C@@H](C)C(NC(C)=O)C2O)C(NC(C)=O)C1O. The average Bonchev–Trinajstić information content (AvgIpc) is 3.40. The second-order valence-electron chi connectivity index (χ2n) is 20.0. The molecular formula is C44H77N3O30. The quantitative estimate of drug-likeness (QED) is 0.0399. The molecule has 17 unspecified atom stereocenters. The van der Waals surface area contributed by atoms with Gasteiger partial charge in [0.1, 0.15) is 109 Å². The van der Waals surface area contributed by atoms with Crippen molar-refractivity contribution >= 4 is 17.7 Å². The molecule has 21 N–H and O–H groups in total. The first-order valence-electron chi connectivity index (χ1n) is 24.7. The number of ether oxygens (including phenoxy) is 9. The highest BCUT2D eigenvalue weighted by molar-refractivity contribution is 5.74. The Morgan fingerprint density at radius 3 is 1.57 bits per heavy atom. The lowest BCUT2D eigenvalue weighted by molar-refractivity contribution is -0.390. The zero-order valence-corrected chi connectivity index (χ0v) is 42.5. The van der Waals surface area contributed by atoms with Crippen molar-refractivity contribution in [3.8, 4) is 0 Å². The molecule has 0 aromatic carbocycles. The van der Waals surface area contributed by atoms with Crippen LogP contribution in [0, 0.1) is 5.92 Å². The molecular weight excluding hydrogens is 1050 g/mol. The molecule has 3 amide bonds. The summed E-state index contributed by atoms with van der Waals surface area (Å²) in [5, 5.41) is 203. The second kappa shape index (κ2) is 27.4. The van der Waals surface area contributed by atoms with Crippen LogP contribution in [0.1, 0.15) is 41.0 Å². The van der Waals surface area contributed by atoms with Crippen LogP contribution in [0.4, 0.5) is 0 Å². The van der Waals surface area contributed by atoms with Gasteiger partial charge in [-0.05, 0) is 20.3 Å². The van der Waals surface area contributed by atoms with Crippen molar-refractivity contribution < 1.29 is 149 Å². The summed E-state index contributed by atoms with van der Waals surface area (Å²) < 4.78 is 51.6. The first-order valence-corrected chi connectivity index (χ1v) is 24.7. The van der Waals surface area contributed by atoms with Crippen LogP contribution in [-0.4, -0.2) is 320 Å². The minimum absolute atomic E-state index is 0.564. The van der Waals surface area contributed by atoms with Crippen molar-refractivity contribution in [3.63, 3.8) is 0 Å². The van der Waals surface area contributed by atoms with Crippen molar-refractivity contribution in [2.24, 2.45) is 5.92 Å². The Bertz CT molecular complexity index is 1900. The van der Waals surface area contributed by atoms with Crippen LogP contribution < -0.4 is 16.0 Å². The molecule has 0 radical (unpaired) electrons. The molecule has 4 aliphatic heterocycles. The number of hydrogen-bond donors (Lipinski definition) is 21. The lowest BCUT2D eigenvalue weighted by Gasteiger charge is -2.56. The van der Waals surface area contributed by atoms with Crippen LogP contribution in [0.25, 0.3) is 0 Å². The zero-order valence-electron chi connectivity index (χ0n) is 42.5. The maximum atomic E-state index is 12.5. The number of carbonyl (C=O) groups is 3. The molecule has 5 aliphatic rings. The highest BCUT2D eigenvalue weighted by Gasteiger charge is 2.67. The van der Waals surface area contributed by atoms with Crippen molar-refractivity contribution in [2.75, 3.05) is 39.6 Å². The molecule has 5 rings (SSSR count). The predicted octanol–water partition coefficient (Wildman–Crippen LogP) is -12.6. The van der Waals surface area contributed by atoms with E-state index in [4.69, 9.17) is 42.6 Å². The smallest absolute Gasteiger partial charge is 0.217 e. The predicted molar refractivity (Wildman–Crippen MR) is 244 cm³/mol. The molecule has 4 saturated heterocycles. The largest absolute Gasteiger partial charge is 0.396 e. The van der Waals surface area contributed by atoms with Gasteiger partial charge in [-0.2, -0.15) is 0 Å². The van der Waals surface area contributed by atoms with Crippen molar-refractivity contribution in [1.29, 1.82) is 0 Å². The summed E-state index contributed by atoms with van der Waals surface area (Å²) in [5.74, 6) is -4.18. The average molecular weight is 1130 g/mol. The van der Waals surface area contributed by atoms with E-state index < -0.39 is 240 Å². The third-order valence-electron chi connectivity index (χ3n) is 14.5. The van der Waals surface area contributed by atoms with E-state index in [1.165, 1.54) is 13.8 Å². The summed E-state index contributed by atoms with van der Waals surface area (Å²) in [4.78, 5) is 36.9. The van der Waals surface area contributed by atoms with Crippen LogP contribution in [0.3, 0.4) is 0 Å². The Morgan fingerprint density at radius 1 is 0.584 bits per heavy atom. The van der Waals surface area contributed by atoms with Gasteiger partial charge in [0.25, 0.3) is 0 Å². The fraction of sp³-hybridized carbons (Fsp3) is 0.932. The number of hydrogen-bond acceptors (Lipinski definition) is 30. The van der Waals surface area contributed by atoms with Crippen molar-refractivity contribution in [3.05, 3.63) is 0 Å². The van der Waals surface area contributed by atoms with E-state index in [9.17, 15) is 106 Å². The Kier molecular flexibility index (Phi) is 23.2. The molecule has 1 saturated carbocycles. The van der Waals surface area contributed by atoms with E-state index in [0.717, 1.165) is 20.8 Å². The molecule has 29 atom stereocenters. The number of rotatable bonds is 24. The molecule has 5 fully saturated rings. The van der Waals surface area contributed by atoms with Gasteiger partial charge in [-0.3, -0.25) is 14.4 Å². The van der Waals surface area contributed by atoms with E-state index in [0.29, 0.717) is 0 Å². The van der Waals surface area contributed by atoms with Gasteiger partial charge >= 0.3 is 0 Å². The summed E-state index contributed by atoms with van der Waals surface area (Å²) in [6, 6.07) is -4.66. The molecule has 33 nitrogen and oxygen atoms in total. The molecule has 77 heavy (non-hydrogen) atoms. The maximum absolute atomic E-state index is 12.5. The highest BCUT2D eigenvalue weighted by atomic mass is 16.8. The van der Waals surface area contributed by atoms with Crippen LogP contribution in [0.2, 0.25) is 0 Å². The standard InChI is InChI=1S/C44H77N3O30/c1-13-23(45-14(2)53)28(59)33(20(9-50)70-13)74-38-24(46-15(3)54)29(60)35(22(11-52)72-38)76-42(67)44(68)17(26(57)37(44)65)12-69-41(66)43(5,36(64)18(56)6-7-48)77-39-25(47-16(4)55)30(61)34(21(10-51)73-39)75-40-32(63)31(62)27(58)19(8-49)71-40/h13,17-42,48-52,56-68H,6-12H2,1-5H3,(H,45,53)(H,46,54)(H,47,55)/t13-,17?,18+,19?,20?,21?,22?,23?,24?,25?,26+,27-,28?,29?,30?,31?,32?,33+,34+,35+,36?,37?,38-,39-,40-,41+,42-,43?,44?/m0/s1. The van der Waals surface area contributed by atoms with Crippen molar-refractivity contribution in [1.82, 2.24) is 16.0 Å². The van der Waals surface area contributed by atoms with E-state index in [-0.39, 0.29) is 0 Å². The van der Waals surface area contributed by atoms with E-state index in [1.54, 1.807) is 0 Å². The van der Waals surface area contributed by atoms with Gasteiger partial charge in [0.15, 0.2) is 37.1 Å². The Labute approximate surface area is 439 Å². The Morgan fingerprint density at radius 2 is 1.04 bits per heavy atom. The molecule has 1 aliphatic carbocycles. The van der Waals surface area contributed by atoms with E-state index in [1.807, 2.05) is 0 Å². The van der Waals surface area contributed by atoms with Gasteiger partial charge in [-0.1, -0.05) is 0 Å². The third kappa shape index (κ3) is 13.8. The van der Waals surface area contributed by atoms with Gasteiger partial charge in [-0.15, -0.1) is 0 Å². The maximum Gasteiger partial charge on any atom is 0.217 e. The molecule has 0 spiro atoms. The fourth-order valence-corrected chi connectivity index (χ4v) is 10.1. The second-order valence-corrected chi connectivity index (χ2v) is 20.0. The van der Waals surface area contributed by atoms with Crippen LogP contribution in [0.5, 0.6) is 0 Å². The zero-order chi connectivity index (χ0) is 57.8. The monoisotopic (exact) mass is 1130 g/mol. The lowest BCUT2D eigenvalue weighted by Crippen LogP contribution is -2.77. The van der Waals surface area contributed by atoms with Crippen molar-refractivity contribution in [2.45, 2.75) is 212 Å². The Balaban J connectivity index is 1.37. The molecule has 0 aromatic rings. The number of nitrogens with one attached hydrogen (secondary N) is 3. The van der Waals surface area contributed by atoms with E-state index in [2.05, 4.69) is 16.0 Å². The molecule has 0 bridgehead atoms. The number of aliphatic hydroxyl groups is 18. The topological polar surface area (TPSA) is 535 Å². The minimum Gasteiger partial charge on any atom is -0.396 e. The van der Waals surface area contributed by atoms with Crippen LogP contribution >= 0.6 is 0 Å². The lowest BCUT2D eigenvalue weighted by atomic mass is 9.64. The number of carbonyl (C=O) groups excluding carboxylic acids is 3. The summed E-state index contributed by atoms with van der Waals surface area (Å²) >= 11 is 0. The normalized spacial score (nSPS) is 43.9. The molecule has 448 valence electrons. The third-order valence-corrected chi connectivity index (χ3v) is 14.5. The van der Waals surface area contributed by atoms with E-state index >= 15 is 0 Å². The number of amides is 3.